The molecular weight excluding hydrogens is 331 g/mol. The molecule has 0 radical (unpaired) electrons. The number of halogens is 4. The van der Waals surface area contributed by atoms with Crippen molar-refractivity contribution in [3.63, 3.8) is 0 Å². The van der Waals surface area contributed by atoms with Crippen molar-refractivity contribution in [2.24, 2.45) is 0 Å². The number of aromatic carboxylic acids is 1. The molecule has 0 fully saturated rings. The van der Waals surface area contributed by atoms with Gasteiger partial charge < -0.3 is 9.84 Å². The van der Waals surface area contributed by atoms with Gasteiger partial charge in [0.15, 0.2) is 0 Å². The highest BCUT2D eigenvalue weighted by atomic mass is 35.5. The number of carboxylic acids is 1. The Hall–Kier alpha value is -1.80. The van der Waals surface area contributed by atoms with Gasteiger partial charge in [0.1, 0.15) is 10.6 Å². The Bertz CT molecular complexity index is 602. The first-order chi connectivity index (χ1) is 9.75. The Morgan fingerprint density at radius 1 is 1.43 bits per heavy atom. The summed E-state index contributed by atoms with van der Waals surface area (Å²) >= 11 is 6.63. The van der Waals surface area contributed by atoms with Gasteiger partial charge in [0.25, 0.3) is 0 Å². The summed E-state index contributed by atoms with van der Waals surface area (Å²) < 4.78 is 41.0. The lowest BCUT2D eigenvalue weighted by molar-refractivity contribution is -0.137. The molecule has 0 bridgehead atoms. The van der Waals surface area contributed by atoms with E-state index in [1.165, 1.54) is 24.9 Å². The highest BCUT2D eigenvalue weighted by Gasteiger charge is 2.30. The lowest BCUT2D eigenvalue weighted by Crippen LogP contribution is -2.04. The minimum Gasteiger partial charge on any atom is -0.495 e. The zero-order valence-electron chi connectivity index (χ0n) is 10.5. The van der Waals surface area contributed by atoms with Crippen molar-refractivity contribution in [3.8, 4) is 5.75 Å². The molecule has 0 amide bonds. The van der Waals surface area contributed by atoms with Gasteiger partial charge in [0, 0.05) is 0 Å². The van der Waals surface area contributed by atoms with E-state index >= 15 is 0 Å². The number of thiazole rings is 1. The molecule has 9 heteroatoms. The number of alkyl halides is 3. The molecule has 21 heavy (non-hydrogen) atoms. The predicted molar refractivity (Wildman–Crippen MR) is 72.1 cm³/mol. The molecular formula is C12H9ClF3NO3S. The Balaban J connectivity index is 0.000000235. The second-order valence-electron chi connectivity index (χ2n) is 3.52. The summed E-state index contributed by atoms with van der Waals surface area (Å²) in [6, 6.07) is 2.94. The van der Waals surface area contributed by atoms with E-state index in [-0.39, 0.29) is 15.6 Å². The average molecular weight is 340 g/mol. The number of methoxy groups -OCH3 is 1. The number of rotatable bonds is 2. The average Bonchev–Trinajstić information content (AvgIpc) is 2.92. The molecule has 1 N–H and O–H groups in total. The molecule has 2 aromatic rings. The molecule has 1 aromatic heterocycles. The van der Waals surface area contributed by atoms with E-state index in [4.69, 9.17) is 21.4 Å². The normalized spacial score (nSPS) is 10.5. The van der Waals surface area contributed by atoms with Crippen LogP contribution in [0.2, 0.25) is 5.02 Å². The molecule has 0 unspecified atom stereocenters. The Morgan fingerprint density at radius 2 is 2.10 bits per heavy atom. The molecule has 0 aliphatic heterocycles. The highest BCUT2D eigenvalue weighted by molar-refractivity contribution is 7.11. The van der Waals surface area contributed by atoms with E-state index in [0.717, 1.165) is 23.5 Å². The van der Waals surface area contributed by atoms with E-state index in [9.17, 15) is 18.0 Å². The fourth-order valence-corrected chi connectivity index (χ4v) is 1.88. The summed E-state index contributed by atoms with van der Waals surface area (Å²) in [6.45, 7) is 0. The van der Waals surface area contributed by atoms with Gasteiger partial charge in [-0.25, -0.2) is 4.79 Å². The SMILES string of the molecule is COc1ccc(C(F)(F)F)cc1Cl.O=C(O)c1cncs1. The number of hydrogen-bond acceptors (Lipinski definition) is 4. The Labute approximate surface area is 126 Å². The van der Waals surface area contributed by atoms with Crippen LogP contribution in [0.5, 0.6) is 5.75 Å². The van der Waals surface area contributed by atoms with E-state index in [2.05, 4.69) is 4.98 Å². The van der Waals surface area contributed by atoms with Crippen molar-refractivity contribution in [1.82, 2.24) is 4.98 Å². The summed E-state index contributed by atoms with van der Waals surface area (Å²) in [7, 11) is 1.34. The maximum atomic E-state index is 12.1. The van der Waals surface area contributed by atoms with Crippen molar-refractivity contribution < 1.29 is 27.8 Å². The summed E-state index contributed by atoms with van der Waals surface area (Å²) in [6.07, 6.45) is -3.04. The summed E-state index contributed by atoms with van der Waals surface area (Å²) in [5, 5.41) is 8.20. The minimum absolute atomic E-state index is 0.0441. The number of carboxylic acid groups (broad SMARTS) is 1. The molecule has 0 saturated heterocycles. The van der Waals surface area contributed by atoms with Crippen LogP contribution in [0.4, 0.5) is 13.2 Å². The number of aromatic nitrogens is 1. The molecule has 0 atom stereocenters. The molecule has 114 valence electrons. The Kier molecular flexibility index (Phi) is 5.98. The van der Waals surface area contributed by atoms with Crippen molar-refractivity contribution in [2.75, 3.05) is 7.11 Å². The molecule has 4 nitrogen and oxygen atoms in total. The third-order valence-corrected chi connectivity index (χ3v) is 3.18. The molecule has 0 aliphatic rings. The van der Waals surface area contributed by atoms with Crippen LogP contribution in [0.3, 0.4) is 0 Å². The van der Waals surface area contributed by atoms with Gasteiger partial charge in [0.05, 0.1) is 29.4 Å². The van der Waals surface area contributed by atoms with Crippen LogP contribution in [-0.4, -0.2) is 23.2 Å². The van der Waals surface area contributed by atoms with E-state index in [1.807, 2.05) is 0 Å². The largest absolute Gasteiger partial charge is 0.495 e. The van der Waals surface area contributed by atoms with Crippen LogP contribution in [0.25, 0.3) is 0 Å². The number of hydrogen-bond donors (Lipinski definition) is 1. The molecule has 0 spiro atoms. The van der Waals surface area contributed by atoms with Crippen LogP contribution >= 0.6 is 22.9 Å². The van der Waals surface area contributed by atoms with Crippen molar-refractivity contribution in [3.05, 3.63) is 45.4 Å². The highest BCUT2D eigenvalue weighted by Crippen LogP contribution is 2.34. The maximum Gasteiger partial charge on any atom is 0.416 e. The van der Waals surface area contributed by atoms with Crippen molar-refractivity contribution in [1.29, 1.82) is 0 Å². The van der Waals surface area contributed by atoms with E-state index in [1.54, 1.807) is 0 Å². The second-order valence-corrected chi connectivity index (χ2v) is 4.81. The third kappa shape index (κ3) is 5.24. The summed E-state index contributed by atoms with van der Waals surface area (Å²) in [4.78, 5) is 13.9. The number of nitrogens with zero attached hydrogens (tertiary/aromatic N) is 1. The lowest BCUT2D eigenvalue weighted by atomic mass is 10.2. The zero-order valence-corrected chi connectivity index (χ0v) is 12.1. The lowest BCUT2D eigenvalue weighted by Gasteiger charge is -2.08. The fourth-order valence-electron chi connectivity index (χ4n) is 1.16. The number of ether oxygens (including phenoxy) is 1. The van der Waals surface area contributed by atoms with Crippen LogP contribution < -0.4 is 4.74 Å². The Morgan fingerprint density at radius 3 is 2.43 bits per heavy atom. The third-order valence-electron chi connectivity index (χ3n) is 2.12. The van der Waals surface area contributed by atoms with Gasteiger partial charge in [-0.15, -0.1) is 11.3 Å². The number of carbonyl (C=O) groups is 1. The van der Waals surface area contributed by atoms with E-state index < -0.39 is 17.7 Å². The van der Waals surface area contributed by atoms with Gasteiger partial charge in [-0.2, -0.15) is 13.2 Å². The predicted octanol–water partition coefficient (Wildman–Crippen LogP) is 4.21. The van der Waals surface area contributed by atoms with Gasteiger partial charge in [0.2, 0.25) is 0 Å². The molecule has 0 aliphatic carbocycles. The maximum absolute atomic E-state index is 12.1. The van der Waals surface area contributed by atoms with Crippen molar-refractivity contribution >= 4 is 28.9 Å². The zero-order chi connectivity index (χ0) is 16.0. The first-order valence-corrected chi connectivity index (χ1v) is 6.54. The van der Waals surface area contributed by atoms with Crippen LogP contribution in [-0.2, 0) is 6.18 Å². The van der Waals surface area contributed by atoms with Crippen LogP contribution in [0, 0.1) is 0 Å². The first kappa shape index (κ1) is 17.3. The van der Waals surface area contributed by atoms with Gasteiger partial charge in [-0.1, -0.05) is 11.6 Å². The van der Waals surface area contributed by atoms with Crippen LogP contribution in [0.15, 0.2) is 29.9 Å². The fraction of sp³-hybridized carbons (Fsp3) is 0.167. The molecule has 1 aromatic carbocycles. The van der Waals surface area contributed by atoms with Crippen molar-refractivity contribution in [2.45, 2.75) is 6.18 Å². The smallest absolute Gasteiger partial charge is 0.416 e. The number of benzene rings is 1. The minimum atomic E-state index is -4.37. The quantitative estimate of drug-likeness (QED) is 0.890. The second kappa shape index (κ2) is 7.28. The van der Waals surface area contributed by atoms with Gasteiger partial charge in [-0.05, 0) is 18.2 Å². The van der Waals surface area contributed by atoms with Gasteiger partial charge >= 0.3 is 12.1 Å². The summed E-state index contributed by atoms with van der Waals surface area (Å²) in [5.41, 5.74) is 0.710. The topological polar surface area (TPSA) is 59.4 Å². The van der Waals surface area contributed by atoms with Crippen LogP contribution in [0.1, 0.15) is 15.2 Å². The monoisotopic (exact) mass is 339 g/mol. The molecule has 0 saturated carbocycles. The van der Waals surface area contributed by atoms with Gasteiger partial charge in [-0.3, -0.25) is 4.98 Å². The first-order valence-electron chi connectivity index (χ1n) is 5.28. The summed E-state index contributed by atoms with van der Waals surface area (Å²) in [5.74, 6) is -0.679. The standard InChI is InChI=1S/C8H6ClF3O.C4H3NO2S/c1-13-7-3-2-5(4-6(7)9)8(10,11)12;6-4(7)3-1-5-2-8-3/h2-4H,1H3;1-2H,(H,6,7). The van der Waals surface area contributed by atoms with E-state index in [0.29, 0.717) is 0 Å². The molecule has 1 heterocycles. The molecule has 2 rings (SSSR count).